The molecule has 0 spiro atoms. The summed E-state index contributed by atoms with van der Waals surface area (Å²) < 4.78 is 10.7. The topological polar surface area (TPSA) is 79.4 Å². The van der Waals surface area contributed by atoms with Crippen molar-refractivity contribution < 1.29 is 23.9 Å². The number of rotatable bonds is 5. The fourth-order valence-electron chi connectivity index (χ4n) is 5.77. The van der Waals surface area contributed by atoms with Gasteiger partial charge in [-0.3, -0.25) is 14.4 Å². The standard InChI is InChI=1S/C28H33N3O5/c1-18-7-5-14-30(16-18)26(32)19-8-6-13-29(17-19)22-10-4-9-21-25(22)28(34)31(27(21)33)20-11-12-23(35-2)24(15-20)36-3/h4,9-12,15,18-19H,5-8,13-14,16-17H2,1-3H3. The average Bonchev–Trinajstić information content (AvgIpc) is 3.17. The zero-order valence-electron chi connectivity index (χ0n) is 21.2. The molecule has 2 atom stereocenters. The van der Waals surface area contributed by atoms with Crippen LogP contribution in [0.5, 0.6) is 11.5 Å². The van der Waals surface area contributed by atoms with Gasteiger partial charge in [0.2, 0.25) is 5.91 Å². The molecule has 0 bridgehead atoms. The average molecular weight is 492 g/mol. The molecular weight excluding hydrogens is 458 g/mol. The fourth-order valence-corrected chi connectivity index (χ4v) is 5.77. The first-order chi connectivity index (χ1) is 17.4. The van der Waals surface area contributed by atoms with Crippen LogP contribution in [0, 0.1) is 11.8 Å². The Bertz CT molecular complexity index is 1200. The van der Waals surface area contributed by atoms with Crippen LogP contribution in [-0.2, 0) is 4.79 Å². The second-order valence-corrected chi connectivity index (χ2v) is 10.0. The molecule has 8 heteroatoms. The second kappa shape index (κ2) is 9.84. The van der Waals surface area contributed by atoms with E-state index >= 15 is 0 Å². The summed E-state index contributed by atoms with van der Waals surface area (Å²) in [5, 5.41) is 0. The Morgan fingerprint density at radius 1 is 0.917 bits per heavy atom. The first kappa shape index (κ1) is 24.2. The summed E-state index contributed by atoms with van der Waals surface area (Å²) in [6.45, 7) is 5.15. The zero-order chi connectivity index (χ0) is 25.4. The zero-order valence-corrected chi connectivity index (χ0v) is 21.2. The molecule has 36 heavy (non-hydrogen) atoms. The van der Waals surface area contributed by atoms with E-state index < -0.39 is 0 Å². The third kappa shape index (κ3) is 4.18. The number of anilines is 2. The lowest BCUT2D eigenvalue weighted by Gasteiger charge is -2.38. The minimum Gasteiger partial charge on any atom is -0.493 e. The van der Waals surface area contributed by atoms with Crippen molar-refractivity contribution in [1.29, 1.82) is 0 Å². The van der Waals surface area contributed by atoms with Gasteiger partial charge in [-0.2, -0.15) is 0 Å². The lowest BCUT2D eigenvalue weighted by molar-refractivity contribution is -0.137. The van der Waals surface area contributed by atoms with Gasteiger partial charge in [0.05, 0.1) is 42.6 Å². The Kier molecular flexibility index (Phi) is 6.60. The molecule has 0 radical (unpaired) electrons. The predicted octanol–water partition coefficient (Wildman–Crippen LogP) is 3.98. The van der Waals surface area contributed by atoms with Gasteiger partial charge in [-0.05, 0) is 55.9 Å². The van der Waals surface area contributed by atoms with E-state index in [1.807, 2.05) is 17.0 Å². The second-order valence-electron chi connectivity index (χ2n) is 10.0. The molecule has 3 aliphatic rings. The Hall–Kier alpha value is -3.55. The molecule has 2 unspecified atom stereocenters. The van der Waals surface area contributed by atoms with Crippen LogP contribution in [0.1, 0.15) is 53.3 Å². The molecule has 2 aromatic carbocycles. The molecule has 3 heterocycles. The van der Waals surface area contributed by atoms with Gasteiger partial charge in [-0.15, -0.1) is 0 Å². The van der Waals surface area contributed by atoms with Gasteiger partial charge in [-0.25, -0.2) is 4.90 Å². The smallest absolute Gasteiger partial charge is 0.268 e. The molecule has 3 aliphatic heterocycles. The van der Waals surface area contributed by atoms with E-state index in [2.05, 4.69) is 11.8 Å². The number of hydrogen-bond acceptors (Lipinski definition) is 6. The summed E-state index contributed by atoms with van der Waals surface area (Å²) in [7, 11) is 3.05. The van der Waals surface area contributed by atoms with Crippen LogP contribution in [0.2, 0.25) is 0 Å². The number of imide groups is 1. The van der Waals surface area contributed by atoms with Gasteiger partial charge in [0, 0.05) is 32.2 Å². The first-order valence-corrected chi connectivity index (χ1v) is 12.7. The number of carbonyl (C=O) groups excluding carboxylic acids is 3. The van der Waals surface area contributed by atoms with Crippen molar-refractivity contribution in [3.8, 4) is 11.5 Å². The van der Waals surface area contributed by atoms with Crippen molar-refractivity contribution in [2.45, 2.75) is 32.6 Å². The summed E-state index contributed by atoms with van der Waals surface area (Å²) in [6.07, 6.45) is 3.94. The predicted molar refractivity (Wildman–Crippen MR) is 137 cm³/mol. The molecule has 0 N–H and O–H groups in total. The molecule has 0 aromatic heterocycles. The van der Waals surface area contributed by atoms with Crippen LogP contribution in [0.15, 0.2) is 36.4 Å². The van der Waals surface area contributed by atoms with E-state index in [4.69, 9.17) is 9.47 Å². The van der Waals surface area contributed by atoms with Crippen LogP contribution >= 0.6 is 0 Å². The highest BCUT2D eigenvalue weighted by Crippen LogP contribution is 2.39. The number of nitrogens with zero attached hydrogens (tertiary/aromatic N) is 3. The third-order valence-electron chi connectivity index (χ3n) is 7.60. The highest BCUT2D eigenvalue weighted by molar-refractivity contribution is 6.36. The van der Waals surface area contributed by atoms with Gasteiger partial charge < -0.3 is 19.3 Å². The molecule has 0 aliphatic carbocycles. The van der Waals surface area contributed by atoms with Gasteiger partial charge in [-0.1, -0.05) is 13.0 Å². The van der Waals surface area contributed by atoms with Crippen molar-refractivity contribution in [1.82, 2.24) is 4.90 Å². The molecular formula is C28H33N3O5. The van der Waals surface area contributed by atoms with Crippen molar-refractivity contribution in [3.05, 3.63) is 47.5 Å². The number of carbonyl (C=O) groups is 3. The molecule has 5 rings (SSSR count). The molecule has 3 amide bonds. The number of fused-ring (bicyclic) bond motifs is 1. The van der Waals surface area contributed by atoms with E-state index in [-0.39, 0.29) is 23.6 Å². The molecule has 2 fully saturated rings. The minimum atomic E-state index is -0.365. The number of ether oxygens (including phenoxy) is 2. The lowest BCUT2D eigenvalue weighted by Crippen LogP contribution is -2.48. The van der Waals surface area contributed by atoms with E-state index in [9.17, 15) is 14.4 Å². The Morgan fingerprint density at radius 3 is 2.44 bits per heavy atom. The van der Waals surface area contributed by atoms with Crippen molar-refractivity contribution in [2.75, 3.05) is 50.2 Å². The van der Waals surface area contributed by atoms with Crippen LogP contribution < -0.4 is 19.3 Å². The van der Waals surface area contributed by atoms with E-state index in [1.54, 1.807) is 24.3 Å². The molecule has 2 saturated heterocycles. The van der Waals surface area contributed by atoms with Crippen LogP contribution in [-0.4, -0.2) is 63.0 Å². The van der Waals surface area contributed by atoms with Crippen molar-refractivity contribution >= 4 is 29.1 Å². The molecule has 0 saturated carbocycles. The molecule has 8 nitrogen and oxygen atoms in total. The highest BCUT2D eigenvalue weighted by Gasteiger charge is 2.41. The number of hydrogen-bond donors (Lipinski definition) is 0. The Labute approximate surface area is 211 Å². The number of piperidine rings is 2. The Balaban J connectivity index is 1.41. The first-order valence-electron chi connectivity index (χ1n) is 12.7. The summed E-state index contributed by atoms with van der Waals surface area (Å²) in [5.41, 5.74) is 1.93. The maximum Gasteiger partial charge on any atom is 0.268 e. The molecule has 2 aromatic rings. The lowest BCUT2D eigenvalue weighted by atomic mass is 9.93. The highest BCUT2D eigenvalue weighted by atomic mass is 16.5. The number of likely N-dealkylation sites (tertiary alicyclic amines) is 1. The normalized spacial score (nSPS) is 22.0. The summed E-state index contributed by atoms with van der Waals surface area (Å²) in [6, 6.07) is 10.4. The van der Waals surface area contributed by atoms with Gasteiger partial charge in [0.15, 0.2) is 11.5 Å². The van der Waals surface area contributed by atoms with E-state index in [1.165, 1.54) is 25.5 Å². The number of methoxy groups -OCH3 is 2. The summed E-state index contributed by atoms with van der Waals surface area (Å²) >= 11 is 0. The van der Waals surface area contributed by atoms with Crippen LogP contribution in [0.4, 0.5) is 11.4 Å². The van der Waals surface area contributed by atoms with E-state index in [0.717, 1.165) is 44.6 Å². The fraction of sp³-hybridized carbons (Fsp3) is 0.464. The number of benzene rings is 2. The van der Waals surface area contributed by atoms with Gasteiger partial charge >= 0.3 is 0 Å². The monoisotopic (exact) mass is 491 g/mol. The van der Waals surface area contributed by atoms with Gasteiger partial charge in [0.25, 0.3) is 11.8 Å². The third-order valence-corrected chi connectivity index (χ3v) is 7.60. The largest absolute Gasteiger partial charge is 0.493 e. The van der Waals surface area contributed by atoms with Crippen molar-refractivity contribution in [2.24, 2.45) is 11.8 Å². The van der Waals surface area contributed by atoms with Crippen LogP contribution in [0.3, 0.4) is 0 Å². The summed E-state index contributed by atoms with van der Waals surface area (Å²) in [5.74, 6) is 0.877. The van der Waals surface area contributed by atoms with Crippen molar-refractivity contribution in [3.63, 3.8) is 0 Å². The SMILES string of the molecule is COc1ccc(N2C(=O)c3cccc(N4CCCC(C(=O)N5CCCC(C)C5)C4)c3C2=O)cc1OC. The molecule has 190 valence electrons. The summed E-state index contributed by atoms with van der Waals surface area (Å²) in [4.78, 5) is 45.7. The quantitative estimate of drug-likeness (QED) is 0.589. The number of amides is 3. The van der Waals surface area contributed by atoms with Gasteiger partial charge in [0.1, 0.15) is 0 Å². The maximum absolute atomic E-state index is 13.7. The van der Waals surface area contributed by atoms with Crippen LogP contribution in [0.25, 0.3) is 0 Å². The minimum absolute atomic E-state index is 0.103. The Morgan fingerprint density at radius 2 is 1.69 bits per heavy atom. The maximum atomic E-state index is 13.7. The van der Waals surface area contributed by atoms with E-state index in [0.29, 0.717) is 40.8 Å².